The van der Waals surface area contributed by atoms with Gasteiger partial charge in [-0.15, -0.1) is 0 Å². The lowest BCUT2D eigenvalue weighted by atomic mass is 10.2. The van der Waals surface area contributed by atoms with Crippen LogP contribution >= 0.6 is 0 Å². The molecule has 1 amide bonds. The van der Waals surface area contributed by atoms with Crippen molar-refractivity contribution >= 4 is 12.1 Å². The standard InChI is InChI=1S/C19H27NO5/c1-5-6-7-11-14-20-18(22)25-19(3,4)24-17(21)15(2)23-16-12-9-8-10-13-16/h8-10,12-13H,2,5-7,11,14H2,1,3-4H3,(H,20,22). The molecule has 0 heterocycles. The predicted octanol–water partition coefficient (Wildman–Crippen LogP) is 4.16. The number of unbranched alkanes of at least 4 members (excludes halogenated alkanes) is 3. The second kappa shape index (κ2) is 10.4. The normalized spacial score (nSPS) is 10.7. The van der Waals surface area contributed by atoms with Crippen molar-refractivity contribution in [1.82, 2.24) is 5.32 Å². The van der Waals surface area contributed by atoms with Crippen LogP contribution in [0.1, 0.15) is 46.5 Å². The van der Waals surface area contributed by atoms with Gasteiger partial charge < -0.3 is 19.5 Å². The Hall–Kier alpha value is -2.50. The summed E-state index contributed by atoms with van der Waals surface area (Å²) in [5, 5.41) is 2.63. The van der Waals surface area contributed by atoms with Crippen molar-refractivity contribution < 1.29 is 23.8 Å². The van der Waals surface area contributed by atoms with Gasteiger partial charge in [0.15, 0.2) is 0 Å². The minimum Gasteiger partial charge on any atom is -0.450 e. The Bertz CT molecular complexity index is 568. The second-order valence-electron chi connectivity index (χ2n) is 6.00. The van der Waals surface area contributed by atoms with Crippen LogP contribution in [0.5, 0.6) is 5.75 Å². The van der Waals surface area contributed by atoms with E-state index in [-0.39, 0.29) is 5.76 Å². The van der Waals surface area contributed by atoms with Crippen LogP contribution in [0.25, 0.3) is 0 Å². The van der Waals surface area contributed by atoms with Crippen LogP contribution in [0.3, 0.4) is 0 Å². The monoisotopic (exact) mass is 349 g/mol. The molecule has 0 aromatic heterocycles. The first kappa shape index (κ1) is 20.5. The van der Waals surface area contributed by atoms with Crippen molar-refractivity contribution in [2.45, 2.75) is 52.2 Å². The fourth-order valence-electron chi connectivity index (χ4n) is 1.98. The molecule has 0 aliphatic carbocycles. The highest BCUT2D eigenvalue weighted by atomic mass is 16.7. The number of hydrogen-bond donors (Lipinski definition) is 1. The summed E-state index contributed by atoms with van der Waals surface area (Å²) in [6.07, 6.45) is 3.55. The molecular formula is C19H27NO5. The number of carbonyl (C=O) groups is 2. The first-order chi connectivity index (χ1) is 11.8. The molecule has 6 heteroatoms. The summed E-state index contributed by atoms with van der Waals surface area (Å²) in [6.45, 7) is 9.12. The Balaban J connectivity index is 2.38. The average Bonchev–Trinajstić information content (AvgIpc) is 2.54. The van der Waals surface area contributed by atoms with Gasteiger partial charge in [-0.1, -0.05) is 44.4 Å². The van der Waals surface area contributed by atoms with Gasteiger partial charge in [0.05, 0.1) is 0 Å². The number of nitrogens with one attached hydrogen (secondary N) is 1. The highest BCUT2D eigenvalue weighted by Gasteiger charge is 2.29. The maximum atomic E-state index is 12.0. The number of para-hydroxylation sites is 1. The van der Waals surface area contributed by atoms with E-state index in [2.05, 4.69) is 18.8 Å². The number of alkyl carbamates (subject to hydrolysis) is 1. The Morgan fingerprint density at radius 2 is 1.76 bits per heavy atom. The van der Waals surface area contributed by atoms with Crippen LogP contribution in [-0.2, 0) is 14.3 Å². The molecule has 25 heavy (non-hydrogen) atoms. The molecule has 0 saturated carbocycles. The second-order valence-corrected chi connectivity index (χ2v) is 6.00. The van der Waals surface area contributed by atoms with Gasteiger partial charge in [-0.05, 0) is 25.1 Å². The molecule has 1 aromatic rings. The molecule has 6 nitrogen and oxygen atoms in total. The summed E-state index contributed by atoms with van der Waals surface area (Å²) in [6, 6.07) is 8.74. The fraction of sp³-hybridized carbons (Fsp3) is 0.474. The molecule has 1 rings (SSSR count). The Labute approximate surface area is 149 Å². The van der Waals surface area contributed by atoms with Gasteiger partial charge in [-0.2, -0.15) is 0 Å². The minimum absolute atomic E-state index is 0.192. The molecule has 0 aliphatic heterocycles. The van der Waals surface area contributed by atoms with E-state index < -0.39 is 17.8 Å². The molecule has 0 bridgehead atoms. The summed E-state index contributed by atoms with van der Waals surface area (Å²) in [7, 11) is 0. The van der Waals surface area contributed by atoms with Gasteiger partial charge in [0.2, 0.25) is 5.76 Å². The maximum Gasteiger partial charge on any atom is 0.410 e. The molecule has 0 unspecified atom stereocenters. The number of ether oxygens (including phenoxy) is 3. The third-order valence-corrected chi connectivity index (χ3v) is 3.19. The molecule has 0 spiro atoms. The van der Waals surface area contributed by atoms with Crippen LogP contribution in [0.4, 0.5) is 4.79 Å². The van der Waals surface area contributed by atoms with Crippen molar-refractivity contribution in [3.8, 4) is 5.75 Å². The molecule has 0 saturated heterocycles. The fourth-order valence-corrected chi connectivity index (χ4v) is 1.98. The summed E-state index contributed by atoms with van der Waals surface area (Å²) in [4.78, 5) is 23.8. The van der Waals surface area contributed by atoms with Gasteiger partial charge in [0.1, 0.15) is 5.75 Å². The zero-order chi connectivity index (χ0) is 18.7. The zero-order valence-corrected chi connectivity index (χ0v) is 15.2. The van der Waals surface area contributed by atoms with Gasteiger partial charge >= 0.3 is 12.1 Å². The van der Waals surface area contributed by atoms with E-state index in [0.29, 0.717) is 12.3 Å². The van der Waals surface area contributed by atoms with Crippen LogP contribution in [-0.4, -0.2) is 24.4 Å². The van der Waals surface area contributed by atoms with Crippen LogP contribution < -0.4 is 10.1 Å². The average molecular weight is 349 g/mol. The minimum atomic E-state index is -1.44. The first-order valence-corrected chi connectivity index (χ1v) is 8.46. The predicted molar refractivity (Wildman–Crippen MR) is 95.0 cm³/mol. The van der Waals surface area contributed by atoms with Crippen molar-refractivity contribution in [2.24, 2.45) is 0 Å². The van der Waals surface area contributed by atoms with Gasteiger partial charge in [-0.3, -0.25) is 0 Å². The SMILES string of the molecule is C=C(Oc1ccccc1)C(=O)OC(C)(C)OC(=O)NCCCCCC. The Morgan fingerprint density at radius 1 is 1.08 bits per heavy atom. The van der Waals surface area contributed by atoms with E-state index in [1.54, 1.807) is 24.3 Å². The highest BCUT2D eigenvalue weighted by Crippen LogP contribution is 2.17. The van der Waals surface area contributed by atoms with E-state index in [1.807, 2.05) is 6.07 Å². The number of hydrogen-bond acceptors (Lipinski definition) is 5. The lowest BCUT2D eigenvalue weighted by molar-refractivity contribution is -0.192. The third-order valence-electron chi connectivity index (χ3n) is 3.19. The van der Waals surface area contributed by atoms with Crippen molar-refractivity contribution in [3.63, 3.8) is 0 Å². The van der Waals surface area contributed by atoms with Gasteiger partial charge in [0.25, 0.3) is 5.79 Å². The van der Waals surface area contributed by atoms with Gasteiger partial charge in [0, 0.05) is 20.4 Å². The van der Waals surface area contributed by atoms with Crippen molar-refractivity contribution in [1.29, 1.82) is 0 Å². The summed E-state index contributed by atoms with van der Waals surface area (Å²) in [5.41, 5.74) is 0. The van der Waals surface area contributed by atoms with E-state index in [4.69, 9.17) is 14.2 Å². The number of amides is 1. The number of esters is 1. The molecular weight excluding hydrogens is 322 g/mol. The van der Waals surface area contributed by atoms with E-state index in [9.17, 15) is 9.59 Å². The van der Waals surface area contributed by atoms with E-state index in [0.717, 1.165) is 25.7 Å². The number of rotatable bonds is 10. The maximum absolute atomic E-state index is 12.0. The third kappa shape index (κ3) is 8.79. The van der Waals surface area contributed by atoms with E-state index in [1.165, 1.54) is 13.8 Å². The van der Waals surface area contributed by atoms with E-state index >= 15 is 0 Å². The summed E-state index contributed by atoms with van der Waals surface area (Å²) < 4.78 is 15.6. The largest absolute Gasteiger partial charge is 0.450 e. The van der Waals surface area contributed by atoms with Crippen LogP contribution in [0, 0.1) is 0 Å². The Morgan fingerprint density at radius 3 is 2.40 bits per heavy atom. The molecule has 1 aromatic carbocycles. The first-order valence-electron chi connectivity index (χ1n) is 8.46. The molecule has 0 radical (unpaired) electrons. The number of benzene rings is 1. The lowest BCUT2D eigenvalue weighted by Gasteiger charge is -2.25. The lowest BCUT2D eigenvalue weighted by Crippen LogP contribution is -2.39. The van der Waals surface area contributed by atoms with Crippen LogP contribution in [0.2, 0.25) is 0 Å². The molecule has 0 aliphatic rings. The molecule has 1 N–H and O–H groups in total. The summed E-state index contributed by atoms with van der Waals surface area (Å²) >= 11 is 0. The molecule has 0 fully saturated rings. The quantitative estimate of drug-likeness (QED) is 0.226. The van der Waals surface area contributed by atoms with Crippen molar-refractivity contribution in [2.75, 3.05) is 6.54 Å². The van der Waals surface area contributed by atoms with Crippen molar-refractivity contribution in [3.05, 3.63) is 42.7 Å². The zero-order valence-electron chi connectivity index (χ0n) is 15.2. The summed E-state index contributed by atoms with van der Waals surface area (Å²) in [5.74, 6) is -1.96. The highest BCUT2D eigenvalue weighted by molar-refractivity contribution is 5.86. The Kier molecular flexibility index (Phi) is 8.53. The topological polar surface area (TPSA) is 73.9 Å². The number of carbonyl (C=O) groups excluding carboxylic acids is 2. The van der Waals surface area contributed by atoms with Gasteiger partial charge in [-0.25, -0.2) is 9.59 Å². The smallest absolute Gasteiger partial charge is 0.410 e. The molecule has 0 atom stereocenters. The van der Waals surface area contributed by atoms with Crippen LogP contribution in [0.15, 0.2) is 42.7 Å². The molecule has 138 valence electrons.